The van der Waals surface area contributed by atoms with Crippen molar-refractivity contribution in [1.82, 2.24) is 15.2 Å². The van der Waals surface area contributed by atoms with Gasteiger partial charge < -0.3 is 15.4 Å². The second-order valence-electron chi connectivity index (χ2n) is 4.22. The fourth-order valence-corrected chi connectivity index (χ4v) is 1.79. The van der Waals surface area contributed by atoms with Crippen LogP contribution in [0.15, 0.2) is 30.5 Å². The minimum Gasteiger partial charge on any atom is -0.383 e. The Labute approximate surface area is 118 Å². The minimum absolute atomic E-state index is 0.480. The molecule has 0 radical (unpaired) electrons. The van der Waals surface area contributed by atoms with Gasteiger partial charge in [-0.15, -0.1) is 5.10 Å². The number of methoxy groups -OCH3 is 1. The topological polar surface area (TPSA) is 72.0 Å². The first-order valence-electron chi connectivity index (χ1n) is 6.61. The Kier molecular flexibility index (Phi) is 5.25. The fourth-order valence-electron chi connectivity index (χ4n) is 1.79. The van der Waals surface area contributed by atoms with E-state index in [1.807, 2.05) is 18.2 Å². The third-order valence-corrected chi connectivity index (χ3v) is 2.82. The van der Waals surface area contributed by atoms with Gasteiger partial charge in [-0.2, -0.15) is 10.1 Å². The molecule has 0 aliphatic rings. The summed E-state index contributed by atoms with van der Waals surface area (Å²) >= 11 is 0. The molecule has 2 aromatic rings. The van der Waals surface area contributed by atoms with Gasteiger partial charge in [0.2, 0.25) is 5.95 Å². The summed E-state index contributed by atoms with van der Waals surface area (Å²) in [4.78, 5) is 4.36. The van der Waals surface area contributed by atoms with Crippen LogP contribution in [0.1, 0.15) is 12.5 Å². The summed E-state index contributed by atoms with van der Waals surface area (Å²) in [5.41, 5.74) is 2.22. The maximum atomic E-state index is 4.98. The van der Waals surface area contributed by atoms with Crippen molar-refractivity contribution in [3.63, 3.8) is 0 Å². The highest BCUT2D eigenvalue weighted by Crippen LogP contribution is 2.19. The first-order valence-corrected chi connectivity index (χ1v) is 6.61. The molecule has 0 unspecified atom stereocenters. The smallest absolute Gasteiger partial charge is 0.249 e. The van der Waals surface area contributed by atoms with Crippen molar-refractivity contribution in [2.75, 3.05) is 30.9 Å². The second kappa shape index (κ2) is 7.40. The number of benzene rings is 1. The van der Waals surface area contributed by atoms with Gasteiger partial charge in [0.05, 0.1) is 12.8 Å². The maximum Gasteiger partial charge on any atom is 0.249 e. The Balaban J connectivity index is 2.07. The molecule has 0 bridgehead atoms. The lowest BCUT2D eigenvalue weighted by atomic mass is 10.1. The van der Waals surface area contributed by atoms with E-state index < -0.39 is 0 Å². The molecule has 20 heavy (non-hydrogen) atoms. The quantitative estimate of drug-likeness (QED) is 0.754. The number of ether oxygens (including phenoxy) is 1. The molecule has 0 atom stereocenters. The number of aryl methyl sites for hydroxylation is 1. The molecule has 2 rings (SSSR count). The molecule has 0 aliphatic heterocycles. The van der Waals surface area contributed by atoms with Gasteiger partial charge in [-0.25, -0.2) is 0 Å². The average molecular weight is 273 g/mol. The van der Waals surface area contributed by atoms with Gasteiger partial charge in [-0.05, 0) is 18.1 Å². The average Bonchev–Trinajstić information content (AvgIpc) is 2.48. The first kappa shape index (κ1) is 14.2. The van der Waals surface area contributed by atoms with Crippen molar-refractivity contribution in [2.24, 2.45) is 0 Å². The Morgan fingerprint density at radius 2 is 2.10 bits per heavy atom. The van der Waals surface area contributed by atoms with E-state index in [0.29, 0.717) is 24.9 Å². The van der Waals surface area contributed by atoms with Crippen LogP contribution in [-0.4, -0.2) is 35.4 Å². The summed E-state index contributed by atoms with van der Waals surface area (Å²) in [5.74, 6) is 1.15. The van der Waals surface area contributed by atoms with E-state index in [1.54, 1.807) is 13.3 Å². The molecule has 6 heteroatoms. The van der Waals surface area contributed by atoms with Crippen molar-refractivity contribution in [3.8, 4) is 0 Å². The zero-order chi connectivity index (χ0) is 14.2. The Morgan fingerprint density at radius 1 is 1.25 bits per heavy atom. The van der Waals surface area contributed by atoms with Crippen molar-refractivity contribution in [3.05, 3.63) is 36.0 Å². The van der Waals surface area contributed by atoms with E-state index in [-0.39, 0.29) is 0 Å². The summed E-state index contributed by atoms with van der Waals surface area (Å²) in [5, 5.41) is 14.3. The molecule has 1 aromatic heterocycles. The molecule has 2 N–H and O–H groups in total. The van der Waals surface area contributed by atoms with Crippen LogP contribution in [0.2, 0.25) is 0 Å². The number of nitrogens with one attached hydrogen (secondary N) is 2. The predicted molar refractivity (Wildman–Crippen MR) is 79.3 cm³/mol. The molecule has 0 fully saturated rings. The highest BCUT2D eigenvalue weighted by atomic mass is 16.5. The van der Waals surface area contributed by atoms with E-state index >= 15 is 0 Å². The summed E-state index contributed by atoms with van der Waals surface area (Å²) in [7, 11) is 1.66. The molecule has 1 aromatic carbocycles. The van der Waals surface area contributed by atoms with E-state index in [1.165, 1.54) is 5.56 Å². The third kappa shape index (κ3) is 3.89. The summed E-state index contributed by atoms with van der Waals surface area (Å²) < 4.78 is 4.98. The maximum absolute atomic E-state index is 4.98. The molecular formula is C14H19N5O. The van der Waals surface area contributed by atoms with Crippen LogP contribution in [0.4, 0.5) is 17.5 Å². The van der Waals surface area contributed by atoms with Crippen LogP contribution in [-0.2, 0) is 11.2 Å². The van der Waals surface area contributed by atoms with Crippen molar-refractivity contribution < 1.29 is 4.74 Å². The van der Waals surface area contributed by atoms with E-state index in [9.17, 15) is 0 Å². The molecule has 0 aliphatic carbocycles. The highest BCUT2D eigenvalue weighted by molar-refractivity contribution is 5.58. The van der Waals surface area contributed by atoms with E-state index in [2.05, 4.69) is 38.8 Å². The number of rotatable bonds is 7. The van der Waals surface area contributed by atoms with Gasteiger partial charge in [0.15, 0.2) is 5.82 Å². The fraction of sp³-hybridized carbons (Fsp3) is 0.357. The number of anilines is 3. The Bertz CT molecular complexity index is 547. The van der Waals surface area contributed by atoms with Gasteiger partial charge >= 0.3 is 0 Å². The van der Waals surface area contributed by atoms with Gasteiger partial charge in [0.25, 0.3) is 0 Å². The largest absolute Gasteiger partial charge is 0.383 e. The monoisotopic (exact) mass is 273 g/mol. The molecule has 1 heterocycles. The Hall–Kier alpha value is -2.21. The van der Waals surface area contributed by atoms with Crippen LogP contribution in [0.25, 0.3) is 0 Å². The van der Waals surface area contributed by atoms with Crippen LogP contribution >= 0.6 is 0 Å². The Morgan fingerprint density at radius 3 is 2.90 bits per heavy atom. The molecule has 0 saturated heterocycles. The normalized spacial score (nSPS) is 10.3. The van der Waals surface area contributed by atoms with E-state index in [4.69, 9.17) is 4.74 Å². The van der Waals surface area contributed by atoms with Gasteiger partial charge in [0.1, 0.15) is 0 Å². The second-order valence-corrected chi connectivity index (χ2v) is 4.22. The molecular weight excluding hydrogens is 254 g/mol. The van der Waals surface area contributed by atoms with Crippen LogP contribution < -0.4 is 10.6 Å². The SMILES string of the molecule is CCc1ccccc1Nc1nncc(NCCOC)n1. The minimum atomic E-state index is 0.480. The number of para-hydroxylation sites is 1. The van der Waals surface area contributed by atoms with Crippen molar-refractivity contribution in [1.29, 1.82) is 0 Å². The zero-order valence-corrected chi connectivity index (χ0v) is 11.8. The van der Waals surface area contributed by atoms with Gasteiger partial charge in [0, 0.05) is 19.3 Å². The van der Waals surface area contributed by atoms with E-state index in [0.717, 1.165) is 12.1 Å². The third-order valence-electron chi connectivity index (χ3n) is 2.82. The summed E-state index contributed by atoms with van der Waals surface area (Å²) in [6.07, 6.45) is 2.54. The standard InChI is InChI=1S/C14H19N5O/c1-3-11-6-4-5-7-12(11)17-14-18-13(10-16-19-14)15-8-9-20-2/h4-7,10H,3,8-9H2,1-2H3,(H2,15,17,18,19). The molecule has 0 saturated carbocycles. The number of nitrogens with zero attached hydrogens (tertiary/aromatic N) is 3. The number of hydrogen-bond acceptors (Lipinski definition) is 6. The molecule has 106 valence electrons. The molecule has 6 nitrogen and oxygen atoms in total. The predicted octanol–water partition coefficient (Wildman–Crippen LogP) is 2.24. The van der Waals surface area contributed by atoms with Crippen LogP contribution in [0, 0.1) is 0 Å². The van der Waals surface area contributed by atoms with Gasteiger partial charge in [-0.1, -0.05) is 25.1 Å². The lowest BCUT2D eigenvalue weighted by Gasteiger charge is -2.10. The number of aromatic nitrogens is 3. The highest BCUT2D eigenvalue weighted by Gasteiger charge is 2.04. The summed E-state index contributed by atoms with van der Waals surface area (Å²) in [6.45, 7) is 3.41. The number of hydrogen-bond donors (Lipinski definition) is 2. The molecule has 0 spiro atoms. The molecule has 0 amide bonds. The van der Waals surface area contributed by atoms with Crippen molar-refractivity contribution in [2.45, 2.75) is 13.3 Å². The van der Waals surface area contributed by atoms with Crippen LogP contribution in [0.5, 0.6) is 0 Å². The first-order chi connectivity index (χ1) is 9.83. The van der Waals surface area contributed by atoms with Gasteiger partial charge in [-0.3, -0.25) is 0 Å². The zero-order valence-electron chi connectivity index (χ0n) is 11.8. The van der Waals surface area contributed by atoms with Crippen LogP contribution in [0.3, 0.4) is 0 Å². The lowest BCUT2D eigenvalue weighted by molar-refractivity contribution is 0.210. The van der Waals surface area contributed by atoms with Crippen molar-refractivity contribution >= 4 is 17.5 Å². The lowest BCUT2D eigenvalue weighted by Crippen LogP contribution is -2.10. The summed E-state index contributed by atoms with van der Waals surface area (Å²) in [6, 6.07) is 8.09.